The van der Waals surface area contributed by atoms with Crippen LogP contribution in [0.15, 0.2) is 54.6 Å². The number of nitrogens with zero attached hydrogens (tertiary/aromatic N) is 1. The average Bonchev–Trinajstić information content (AvgIpc) is 2.97. The van der Waals surface area contributed by atoms with E-state index in [2.05, 4.69) is 35.2 Å². The van der Waals surface area contributed by atoms with Gasteiger partial charge in [0.1, 0.15) is 6.61 Å². The summed E-state index contributed by atoms with van der Waals surface area (Å²) in [6, 6.07) is 14.7. The van der Waals surface area contributed by atoms with E-state index in [1.807, 2.05) is 18.2 Å². The third kappa shape index (κ3) is 2.59. The van der Waals surface area contributed by atoms with E-state index in [0.717, 1.165) is 36.6 Å². The molecule has 1 saturated heterocycles. The Morgan fingerprint density at radius 3 is 2.85 bits per heavy atom. The standard InChI is InChI=1S/C23H23NO3/c1-26-20-13-19-17(11-21(20)27-15-16-5-3-2-4-6-16)14-24-10-9-23(19)8-7-18(25)12-22(23)24/h2-8,11,13,22H,9-10,12,14-15H2,1H3/t22-,23-/m0/s1. The SMILES string of the molecule is COc1cc2c(cc1OCc1ccccc1)CN1CC[C@@]23C=CC(=O)C[C@H]13. The molecule has 3 atom stereocenters. The molecular weight excluding hydrogens is 338 g/mol. The van der Waals surface area contributed by atoms with Crippen molar-refractivity contribution in [2.24, 2.45) is 0 Å². The minimum Gasteiger partial charge on any atom is -0.493 e. The van der Waals surface area contributed by atoms with E-state index in [0.29, 0.717) is 13.0 Å². The molecule has 1 fully saturated rings. The van der Waals surface area contributed by atoms with E-state index in [9.17, 15) is 4.79 Å². The van der Waals surface area contributed by atoms with Crippen molar-refractivity contribution >= 4 is 5.78 Å². The fourth-order valence-electron chi connectivity index (χ4n) is 4.97. The minimum absolute atomic E-state index is 0.0628. The first-order chi connectivity index (χ1) is 13.2. The van der Waals surface area contributed by atoms with E-state index >= 15 is 0 Å². The van der Waals surface area contributed by atoms with Crippen molar-refractivity contribution in [3.05, 3.63) is 71.3 Å². The monoisotopic (exact) mass is 361 g/mol. The maximum Gasteiger partial charge on any atom is 0.162 e. The summed E-state index contributed by atoms with van der Waals surface area (Å²) in [6.07, 6.45) is 5.60. The minimum atomic E-state index is -0.0628. The highest BCUT2D eigenvalue weighted by molar-refractivity contribution is 5.92. The quantitative estimate of drug-likeness (QED) is 0.834. The van der Waals surface area contributed by atoms with Gasteiger partial charge >= 0.3 is 0 Å². The van der Waals surface area contributed by atoms with Crippen molar-refractivity contribution in [1.29, 1.82) is 0 Å². The number of hydrogen-bond acceptors (Lipinski definition) is 4. The molecule has 2 aromatic rings. The molecule has 4 nitrogen and oxygen atoms in total. The number of allylic oxidation sites excluding steroid dienone is 1. The fraction of sp³-hybridized carbons (Fsp3) is 0.348. The zero-order chi connectivity index (χ0) is 18.4. The largest absolute Gasteiger partial charge is 0.493 e. The van der Waals surface area contributed by atoms with Crippen molar-refractivity contribution < 1.29 is 14.3 Å². The Balaban J connectivity index is 1.52. The molecule has 0 aromatic heterocycles. The van der Waals surface area contributed by atoms with Crippen molar-refractivity contribution in [2.75, 3.05) is 13.7 Å². The highest BCUT2D eigenvalue weighted by Gasteiger charge is 2.53. The van der Waals surface area contributed by atoms with E-state index in [1.165, 1.54) is 11.1 Å². The number of carbonyl (C=O) groups is 1. The second-order valence-corrected chi connectivity index (χ2v) is 7.71. The number of benzene rings is 2. The molecule has 0 amide bonds. The van der Waals surface area contributed by atoms with E-state index < -0.39 is 0 Å². The van der Waals surface area contributed by atoms with Gasteiger partial charge in [0.15, 0.2) is 17.3 Å². The molecule has 4 heteroatoms. The van der Waals surface area contributed by atoms with Crippen LogP contribution in [0.4, 0.5) is 0 Å². The maximum absolute atomic E-state index is 12.0. The number of ketones is 1. The Labute approximate surface area is 159 Å². The topological polar surface area (TPSA) is 38.8 Å². The molecule has 2 aromatic carbocycles. The van der Waals surface area contributed by atoms with Gasteiger partial charge in [0.05, 0.1) is 7.11 Å². The number of fused-ring (bicyclic) bond motifs is 1. The highest BCUT2D eigenvalue weighted by atomic mass is 16.5. The summed E-state index contributed by atoms with van der Waals surface area (Å²) in [4.78, 5) is 14.4. The van der Waals surface area contributed by atoms with Gasteiger partial charge in [-0.2, -0.15) is 0 Å². The molecule has 138 valence electrons. The summed E-state index contributed by atoms with van der Waals surface area (Å²) in [5.41, 5.74) is 3.65. The predicted octanol–water partition coefficient (Wildman–Crippen LogP) is 3.63. The Kier molecular flexibility index (Phi) is 3.83. The van der Waals surface area contributed by atoms with Crippen molar-refractivity contribution in [2.45, 2.75) is 37.5 Å². The number of hydrogen-bond donors (Lipinski definition) is 0. The molecule has 0 radical (unpaired) electrons. The second-order valence-electron chi connectivity index (χ2n) is 7.71. The molecule has 2 aliphatic heterocycles. The third-order valence-electron chi connectivity index (χ3n) is 6.31. The summed E-state index contributed by atoms with van der Waals surface area (Å²) < 4.78 is 11.8. The van der Waals surface area contributed by atoms with Crippen LogP contribution in [0.25, 0.3) is 0 Å². The van der Waals surface area contributed by atoms with Gasteiger partial charge in [0.25, 0.3) is 0 Å². The number of methoxy groups -OCH3 is 1. The van der Waals surface area contributed by atoms with Crippen LogP contribution in [0.1, 0.15) is 29.5 Å². The fourth-order valence-corrected chi connectivity index (χ4v) is 4.97. The van der Waals surface area contributed by atoms with Gasteiger partial charge in [-0.1, -0.05) is 36.4 Å². The van der Waals surface area contributed by atoms with E-state index in [4.69, 9.17) is 9.47 Å². The summed E-state index contributed by atoms with van der Waals surface area (Å²) >= 11 is 0. The third-order valence-corrected chi connectivity index (χ3v) is 6.31. The first-order valence-electron chi connectivity index (χ1n) is 9.54. The molecule has 3 aliphatic rings. The Morgan fingerprint density at radius 1 is 1.19 bits per heavy atom. The average molecular weight is 361 g/mol. The smallest absolute Gasteiger partial charge is 0.162 e. The van der Waals surface area contributed by atoms with Crippen LogP contribution in [0.5, 0.6) is 11.5 Å². The second kappa shape index (κ2) is 6.24. The molecule has 1 aliphatic carbocycles. The highest BCUT2D eigenvalue weighted by Crippen LogP contribution is 2.52. The summed E-state index contributed by atoms with van der Waals surface area (Å²) in [7, 11) is 1.69. The van der Waals surface area contributed by atoms with Crippen LogP contribution in [0.3, 0.4) is 0 Å². The van der Waals surface area contributed by atoms with E-state index in [-0.39, 0.29) is 17.2 Å². The predicted molar refractivity (Wildman–Crippen MR) is 103 cm³/mol. The van der Waals surface area contributed by atoms with Crippen LogP contribution < -0.4 is 9.47 Å². The summed E-state index contributed by atoms with van der Waals surface area (Å²) in [6.45, 7) is 2.41. The Bertz CT molecular complexity index is 921. The molecule has 0 N–H and O–H groups in total. The molecule has 1 unspecified atom stereocenters. The normalized spacial score (nSPS) is 27.8. The van der Waals surface area contributed by atoms with Crippen LogP contribution >= 0.6 is 0 Å². The zero-order valence-electron chi connectivity index (χ0n) is 15.5. The van der Waals surface area contributed by atoms with Gasteiger partial charge < -0.3 is 9.47 Å². The van der Waals surface area contributed by atoms with Crippen molar-refractivity contribution in [3.8, 4) is 11.5 Å². The van der Waals surface area contributed by atoms with Gasteiger partial charge in [0.2, 0.25) is 0 Å². The Hall–Kier alpha value is -2.59. The lowest BCUT2D eigenvalue weighted by Crippen LogP contribution is -2.48. The van der Waals surface area contributed by atoms with Crippen LogP contribution in [-0.4, -0.2) is 30.4 Å². The molecule has 27 heavy (non-hydrogen) atoms. The molecule has 2 heterocycles. The zero-order valence-corrected chi connectivity index (χ0v) is 15.5. The molecular formula is C23H23NO3. The van der Waals surface area contributed by atoms with Crippen LogP contribution in [0, 0.1) is 0 Å². The maximum atomic E-state index is 12.0. The van der Waals surface area contributed by atoms with Crippen molar-refractivity contribution in [1.82, 2.24) is 4.90 Å². The first kappa shape index (κ1) is 16.6. The lowest BCUT2D eigenvalue weighted by Gasteiger charge is -2.44. The van der Waals surface area contributed by atoms with Gasteiger partial charge in [-0.3, -0.25) is 9.69 Å². The molecule has 0 spiro atoms. The van der Waals surface area contributed by atoms with Crippen LogP contribution in [-0.2, 0) is 23.4 Å². The van der Waals surface area contributed by atoms with Gasteiger partial charge in [0, 0.05) is 31.0 Å². The Morgan fingerprint density at radius 2 is 2.04 bits per heavy atom. The molecule has 0 saturated carbocycles. The van der Waals surface area contributed by atoms with Crippen molar-refractivity contribution in [3.63, 3.8) is 0 Å². The molecule has 2 bridgehead atoms. The summed E-state index contributed by atoms with van der Waals surface area (Å²) in [5, 5.41) is 0. The molecule has 5 rings (SSSR count). The number of rotatable bonds is 4. The van der Waals surface area contributed by atoms with E-state index in [1.54, 1.807) is 13.2 Å². The lowest BCUT2D eigenvalue weighted by atomic mass is 9.67. The first-order valence-corrected chi connectivity index (χ1v) is 9.54. The summed E-state index contributed by atoms with van der Waals surface area (Å²) in [5.74, 6) is 1.79. The van der Waals surface area contributed by atoms with Crippen LogP contribution in [0.2, 0.25) is 0 Å². The van der Waals surface area contributed by atoms with Gasteiger partial charge in [-0.15, -0.1) is 0 Å². The lowest BCUT2D eigenvalue weighted by molar-refractivity contribution is -0.116. The van der Waals surface area contributed by atoms with Gasteiger partial charge in [-0.25, -0.2) is 0 Å². The number of ether oxygens (including phenoxy) is 2. The van der Waals surface area contributed by atoms with Gasteiger partial charge in [-0.05, 0) is 41.3 Å². The number of carbonyl (C=O) groups excluding carboxylic acids is 1.